The Morgan fingerprint density at radius 3 is 2.44 bits per heavy atom. The fourth-order valence-electron chi connectivity index (χ4n) is 1.71. The lowest BCUT2D eigenvalue weighted by Gasteiger charge is -2.11. The monoisotopic (exact) mass is 250 g/mol. The molecule has 1 aromatic carbocycles. The Labute approximate surface area is 111 Å². The van der Waals surface area contributed by atoms with Gasteiger partial charge in [-0.05, 0) is 38.2 Å². The van der Waals surface area contributed by atoms with Gasteiger partial charge in [0.05, 0.1) is 0 Å². The topological polar surface area (TPSA) is 24.5 Å². The van der Waals surface area contributed by atoms with E-state index in [1.165, 1.54) is 12.0 Å². The van der Waals surface area contributed by atoms with Crippen LogP contribution >= 0.6 is 0 Å². The van der Waals surface area contributed by atoms with E-state index in [1.54, 1.807) is 0 Å². The van der Waals surface area contributed by atoms with Crippen LogP contribution in [0, 0.1) is 0 Å². The molecule has 0 amide bonds. The van der Waals surface area contributed by atoms with Gasteiger partial charge in [-0.15, -0.1) is 0 Å². The van der Waals surface area contributed by atoms with E-state index < -0.39 is 0 Å². The minimum atomic E-state index is 0.723. The molecule has 0 fully saturated rings. The smallest absolute Gasteiger partial charge is 0.119 e. The highest BCUT2D eigenvalue weighted by Gasteiger charge is 1.95. The van der Waals surface area contributed by atoms with Gasteiger partial charge in [-0.3, -0.25) is 0 Å². The summed E-state index contributed by atoms with van der Waals surface area (Å²) in [5, 5.41) is 3.35. The maximum Gasteiger partial charge on any atom is 0.119 e. The summed E-state index contributed by atoms with van der Waals surface area (Å²) in [4.78, 5) is 2.17. The molecule has 1 N–H and O–H groups in total. The second kappa shape index (κ2) is 8.95. The first kappa shape index (κ1) is 15.0. The first-order valence-electron chi connectivity index (χ1n) is 6.79. The van der Waals surface area contributed by atoms with Crippen LogP contribution in [0.1, 0.15) is 18.9 Å². The number of ether oxygens (including phenoxy) is 1. The standard InChI is InChI=1S/C15H26N2O/c1-4-5-14-6-8-15(9-7-14)18-13-11-16-10-12-17(2)3/h6-9,16H,4-5,10-13H2,1-3H3. The van der Waals surface area contributed by atoms with Gasteiger partial charge >= 0.3 is 0 Å². The molecule has 3 nitrogen and oxygen atoms in total. The third kappa shape index (κ3) is 6.62. The first-order valence-corrected chi connectivity index (χ1v) is 6.79. The number of nitrogens with one attached hydrogen (secondary N) is 1. The summed E-state index contributed by atoms with van der Waals surface area (Å²) in [6.07, 6.45) is 2.34. The van der Waals surface area contributed by atoms with Gasteiger partial charge in [0.25, 0.3) is 0 Å². The second-order valence-electron chi connectivity index (χ2n) is 4.80. The van der Waals surface area contributed by atoms with E-state index >= 15 is 0 Å². The van der Waals surface area contributed by atoms with Crippen molar-refractivity contribution in [1.82, 2.24) is 10.2 Å². The summed E-state index contributed by atoms with van der Waals surface area (Å²) in [7, 11) is 4.16. The lowest BCUT2D eigenvalue weighted by molar-refractivity contribution is 0.308. The Morgan fingerprint density at radius 2 is 1.83 bits per heavy atom. The zero-order valence-electron chi connectivity index (χ0n) is 11.9. The van der Waals surface area contributed by atoms with Crippen molar-refractivity contribution in [2.75, 3.05) is 40.3 Å². The predicted molar refractivity (Wildman–Crippen MR) is 77.4 cm³/mol. The Bertz CT molecular complexity index is 309. The minimum absolute atomic E-state index is 0.723. The third-order valence-corrected chi connectivity index (χ3v) is 2.75. The van der Waals surface area contributed by atoms with Crippen molar-refractivity contribution >= 4 is 0 Å². The quantitative estimate of drug-likeness (QED) is 0.680. The van der Waals surface area contributed by atoms with Crippen molar-refractivity contribution < 1.29 is 4.74 Å². The van der Waals surface area contributed by atoms with Crippen LogP contribution in [0.5, 0.6) is 5.75 Å². The Morgan fingerprint density at radius 1 is 1.11 bits per heavy atom. The summed E-state index contributed by atoms with van der Waals surface area (Å²) in [6.45, 7) is 5.88. The molecule has 1 aromatic rings. The van der Waals surface area contributed by atoms with Crippen LogP contribution in [-0.2, 0) is 6.42 Å². The van der Waals surface area contributed by atoms with Crippen LogP contribution in [-0.4, -0.2) is 45.2 Å². The molecule has 0 aliphatic heterocycles. The summed E-state index contributed by atoms with van der Waals surface area (Å²) >= 11 is 0. The van der Waals surface area contributed by atoms with Gasteiger partial charge in [-0.2, -0.15) is 0 Å². The van der Waals surface area contributed by atoms with Gasteiger partial charge in [-0.25, -0.2) is 0 Å². The van der Waals surface area contributed by atoms with E-state index in [0.717, 1.165) is 38.4 Å². The largest absolute Gasteiger partial charge is 0.492 e. The van der Waals surface area contributed by atoms with E-state index in [0.29, 0.717) is 0 Å². The van der Waals surface area contributed by atoms with Gasteiger partial charge in [0.2, 0.25) is 0 Å². The molecule has 102 valence electrons. The van der Waals surface area contributed by atoms with Crippen molar-refractivity contribution in [2.45, 2.75) is 19.8 Å². The van der Waals surface area contributed by atoms with Crippen LogP contribution in [0.25, 0.3) is 0 Å². The molecule has 0 aliphatic rings. The SMILES string of the molecule is CCCc1ccc(OCCNCCN(C)C)cc1. The molecule has 0 saturated carbocycles. The van der Waals surface area contributed by atoms with Gasteiger partial charge in [0.15, 0.2) is 0 Å². The van der Waals surface area contributed by atoms with Crippen LogP contribution in [0.3, 0.4) is 0 Å². The molecule has 0 heterocycles. The molecular formula is C15H26N2O. The Balaban J connectivity index is 2.11. The average molecular weight is 250 g/mol. The first-order chi connectivity index (χ1) is 8.72. The second-order valence-corrected chi connectivity index (χ2v) is 4.80. The molecule has 0 bridgehead atoms. The van der Waals surface area contributed by atoms with Gasteiger partial charge < -0.3 is 15.0 Å². The molecule has 1 rings (SSSR count). The molecule has 0 spiro atoms. The van der Waals surface area contributed by atoms with E-state index in [-0.39, 0.29) is 0 Å². The van der Waals surface area contributed by atoms with Crippen molar-refractivity contribution in [2.24, 2.45) is 0 Å². The van der Waals surface area contributed by atoms with Crippen molar-refractivity contribution in [3.8, 4) is 5.75 Å². The number of rotatable bonds is 9. The highest BCUT2D eigenvalue weighted by Crippen LogP contribution is 2.12. The van der Waals surface area contributed by atoms with E-state index in [4.69, 9.17) is 4.74 Å². The van der Waals surface area contributed by atoms with E-state index in [9.17, 15) is 0 Å². The van der Waals surface area contributed by atoms with E-state index in [1.807, 2.05) is 0 Å². The number of likely N-dealkylation sites (N-methyl/N-ethyl adjacent to an activating group) is 1. The van der Waals surface area contributed by atoms with E-state index in [2.05, 4.69) is 55.5 Å². The van der Waals surface area contributed by atoms with Crippen LogP contribution < -0.4 is 10.1 Å². The van der Waals surface area contributed by atoms with Crippen LogP contribution in [0.2, 0.25) is 0 Å². The molecular weight excluding hydrogens is 224 g/mol. The predicted octanol–water partition coefficient (Wildman–Crippen LogP) is 2.17. The van der Waals surface area contributed by atoms with Crippen molar-refractivity contribution in [1.29, 1.82) is 0 Å². The number of aryl methyl sites for hydroxylation is 1. The summed E-state index contributed by atoms with van der Waals surface area (Å²) in [5.41, 5.74) is 1.38. The highest BCUT2D eigenvalue weighted by atomic mass is 16.5. The zero-order chi connectivity index (χ0) is 13.2. The molecule has 0 atom stereocenters. The van der Waals surface area contributed by atoms with Crippen LogP contribution in [0.15, 0.2) is 24.3 Å². The van der Waals surface area contributed by atoms with Crippen LogP contribution in [0.4, 0.5) is 0 Å². The normalized spacial score (nSPS) is 10.9. The van der Waals surface area contributed by atoms with Gasteiger partial charge in [-0.1, -0.05) is 25.5 Å². The maximum atomic E-state index is 5.67. The van der Waals surface area contributed by atoms with Crippen molar-refractivity contribution in [3.63, 3.8) is 0 Å². The summed E-state index contributed by atoms with van der Waals surface area (Å²) < 4.78 is 5.67. The number of nitrogens with zero attached hydrogens (tertiary/aromatic N) is 1. The Kier molecular flexibility index (Phi) is 7.46. The molecule has 0 radical (unpaired) electrons. The molecule has 0 aliphatic carbocycles. The molecule has 0 saturated heterocycles. The molecule has 18 heavy (non-hydrogen) atoms. The highest BCUT2D eigenvalue weighted by molar-refractivity contribution is 5.27. The lowest BCUT2D eigenvalue weighted by atomic mass is 10.1. The summed E-state index contributed by atoms with van der Waals surface area (Å²) in [5.74, 6) is 0.962. The Hall–Kier alpha value is -1.06. The number of hydrogen-bond donors (Lipinski definition) is 1. The molecule has 3 heteroatoms. The lowest BCUT2D eigenvalue weighted by Crippen LogP contribution is -2.29. The molecule has 0 unspecified atom stereocenters. The number of benzene rings is 1. The zero-order valence-corrected chi connectivity index (χ0v) is 11.9. The summed E-state index contributed by atoms with van der Waals surface area (Å²) in [6, 6.07) is 8.42. The minimum Gasteiger partial charge on any atom is -0.492 e. The van der Waals surface area contributed by atoms with Crippen molar-refractivity contribution in [3.05, 3.63) is 29.8 Å². The molecule has 0 aromatic heterocycles. The average Bonchev–Trinajstić information content (AvgIpc) is 2.35. The van der Waals surface area contributed by atoms with Gasteiger partial charge in [0.1, 0.15) is 12.4 Å². The fourth-order valence-corrected chi connectivity index (χ4v) is 1.71. The maximum absolute atomic E-state index is 5.67. The van der Waals surface area contributed by atoms with Gasteiger partial charge in [0, 0.05) is 19.6 Å². The number of hydrogen-bond acceptors (Lipinski definition) is 3. The third-order valence-electron chi connectivity index (χ3n) is 2.75. The fraction of sp³-hybridized carbons (Fsp3) is 0.600.